The molecular formula is C11H12N2O3. The lowest BCUT2D eigenvalue weighted by Crippen LogP contribution is -2.12. The average molecular weight is 220 g/mol. The second-order valence-electron chi connectivity index (χ2n) is 3.54. The number of phenols is 1. The van der Waals surface area contributed by atoms with Crippen LogP contribution in [0.4, 0.5) is 0 Å². The van der Waals surface area contributed by atoms with Gasteiger partial charge in [0.2, 0.25) is 5.56 Å². The molecule has 0 radical (unpaired) electrons. The van der Waals surface area contributed by atoms with Gasteiger partial charge in [0.25, 0.3) is 0 Å². The number of benzene rings is 1. The van der Waals surface area contributed by atoms with E-state index in [1.807, 2.05) is 0 Å². The van der Waals surface area contributed by atoms with Crippen LogP contribution in [0, 0.1) is 0 Å². The summed E-state index contributed by atoms with van der Waals surface area (Å²) in [5, 5.41) is 19.9. The van der Waals surface area contributed by atoms with E-state index in [0.29, 0.717) is 16.5 Å². The van der Waals surface area contributed by atoms with Crippen molar-refractivity contribution in [3.8, 4) is 5.75 Å². The van der Waals surface area contributed by atoms with Crippen molar-refractivity contribution in [1.29, 1.82) is 0 Å². The molecule has 16 heavy (non-hydrogen) atoms. The van der Waals surface area contributed by atoms with Crippen LogP contribution in [-0.2, 0) is 0 Å². The van der Waals surface area contributed by atoms with Gasteiger partial charge in [0.1, 0.15) is 5.75 Å². The van der Waals surface area contributed by atoms with E-state index < -0.39 is 6.10 Å². The molecular weight excluding hydrogens is 208 g/mol. The Balaban J connectivity index is 2.79. The fourth-order valence-electron chi connectivity index (χ4n) is 1.68. The molecule has 0 saturated carbocycles. The van der Waals surface area contributed by atoms with E-state index in [9.17, 15) is 15.0 Å². The summed E-state index contributed by atoms with van der Waals surface area (Å²) in [5.74, 6) is -0.0272. The maximum absolute atomic E-state index is 11.1. The number of aromatic amines is 1. The van der Waals surface area contributed by atoms with Crippen LogP contribution in [0.5, 0.6) is 5.75 Å². The Labute approximate surface area is 91.2 Å². The average Bonchev–Trinajstić information content (AvgIpc) is 2.29. The summed E-state index contributed by atoms with van der Waals surface area (Å²) in [4.78, 5) is 13.7. The normalized spacial score (nSPS) is 12.9. The van der Waals surface area contributed by atoms with Crippen LogP contribution in [0.15, 0.2) is 29.1 Å². The molecule has 0 aliphatic rings. The molecule has 0 amide bonds. The molecule has 5 nitrogen and oxygen atoms in total. The molecule has 84 valence electrons. The highest BCUT2D eigenvalue weighted by Crippen LogP contribution is 2.28. The molecule has 0 aliphatic heterocycles. The molecule has 0 bridgehead atoms. The highest BCUT2D eigenvalue weighted by Gasteiger charge is 2.12. The Bertz CT molecular complexity index is 577. The van der Waals surface area contributed by atoms with Gasteiger partial charge in [0.15, 0.2) is 0 Å². The van der Waals surface area contributed by atoms with E-state index in [0.717, 1.165) is 0 Å². The second-order valence-corrected chi connectivity index (χ2v) is 3.54. The molecule has 2 aromatic rings. The van der Waals surface area contributed by atoms with E-state index in [4.69, 9.17) is 5.73 Å². The maximum atomic E-state index is 11.1. The summed E-state index contributed by atoms with van der Waals surface area (Å²) in [6.45, 7) is 0.0823. The van der Waals surface area contributed by atoms with Gasteiger partial charge in [-0.2, -0.15) is 0 Å². The number of H-pyrrole nitrogens is 1. The highest BCUT2D eigenvalue weighted by molar-refractivity contribution is 5.87. The molecule has 0 aliphatic carbocycles. The largest absolute Gasteiger partial charge is 0.506 e. The predicted molar refractivity (Wildman–Crippen MR) is 60.2 cm³/mol. The molecule has 0 unspecified atom stereocenters. The van der Waals surface area contributed by atoms with Gasteiger partial charge in [0, 0.05) is 18.0 Å². The van der Waals surface area contributed by atoms with Gasteiger partial charge in [0.05, 0.1) is 11.6 Å². The minimum atomic E-state index is -0.811. The Morgan fingerprint density at radius 2 is 2.06 bits per heavy atom. The quantitative estimate of drug-likeness (QED) is 0.582. The molecule has 5 N–H and O–H groups in total. The number of aromatic hydroxyl groups is 1. The number of hydrogen-bond acceptors (Lipinski definition) is 4. The highest BCUT2D eigenvalue weighted by atomic mass is 16.3. The minimum Gasteiger partial charge on any atom is -0.506 e. The van der Waals surface area contributed by atoms with Crippen molar-refractivity contribution >= 4 is 10.9 Å². The van der Waals surface area contributed by atoms with Gasteiger partial charge in [-0.05, 0) is 17.7 Å². The van der Waals surface area contributed by atoms with Crippen molar-refractivity contribution in [2.75, 3.05) is 6.54 Å². The summed E-state index contributed by atoms with van der Waals surface area (Å²) in [6, 6.07) is 5.91. The number of pyridine rings is 1. The number of rotatable bonds is 2. The number of hydrogen-bond donors (Lipinski definition) is 4. The molecule has 0 spiro atoms. The first kappa shape index (κ1) is 10.7. The monoisotopic (exact) mass is 220 g/mol. The first-order valence-electron chi connectivity index (χ1n) is 4.86. The zero-order valence-electron chi connectivity index (χ0n) is 8.47. The Hall–Kier alpha value is -1.85. The molecule has 1 aromatic heterocycles. The first-order chi connectivity index (χ1) is 7.63. The van der Waals surface area contributed by atoms with E-state index >= 15 is 0 Å². The van der Waals surface area contributed by atoms with Crippen molar-refractivity contribution in [2.24, 2.45) is 5.73 Å². The smallest absolute Gasteiger partial charge is 0.248 e. The van der Waals surface area contributed by atoms with Gasteiger partial charge in [-0.15, -0.1) is 0 Å². The lowest BCUT2D eigenvalue weighted by molar-refractivity contribution is 0.188. The van der Waals surface area contributed by atoms with Crippen molar-refractivity contribution in [3.05, 3.63) is 40.2 Å². The molecule has 0 saturated heterocycles. The number of aliphatic hydroxyl groups is 1. The third-order valence-corrected chi connectivity index (χ3v) is 2.49. The topological polar surface area (TPSA) is 99.3 Å². The molecule has 5 heteroatoms. The number of nitrogens with one attached hydrogen (secondary N) is 1. The summed E-state index contributed by atoms with van der Waals surface area (Å²) >= 11 is 0. The van der Waals surface area contributed by atoms with Crippen LogP contribution in [-0.4, -0.2) is 21.7 Å². The van der Waals surface area contributed by atoms with Gasteiger partial charge < -0.3 is 20.9 Å². The third-order valence-electron chi connectivity index (χ3n) is 2.49. The summed E-state index contributed by atoms with van der Waals surface area (Å²) in [6.07, 6.45) is -0.811. The number of phenolic OH excluding ortho intramolecular Hbond substituents is 1. The predicted octanol–water partition coefficient (Wildman–Crippen LogP) is 0.226. The molecule has 1 heterocycles. The van der Waals surface area contributed by atoms with E-state index in [1.165, 1.54) is 12.1 Å². The van der Waals surface area contributed by atoms with Crippen LogP contribution in [0.25, 0.3) is 10.9 Å². The summed E-state index contributed by atoms with van der Waals surface area (Å²) in [5.41, 5.74) is 5.98. The molecule has 1 aromatic carbocycles. The van der Waals surface area contributed by atoms with Gasteiger partial charge in [-0.3, -0.25) is 4.79 Å². The summed E-state index contributed by atoms with van der Waals surface area (Å²) < 4.78 is 0. The Morgan fingerprint density at radius 3 is 2.75 bits per heavy atom. The van der Waals surface area contributed by atoms with Crippen molar-refractivity contribution in [3.63, 3.8) is 0 Å². The fraction of sp³-hybridized carbons (Fsp3) is 0.182. The van der Waals surface area contributed by atoms with E-state index in [-0.39, 0.29) is 17.9 Å². The van der Waals surface area contributed by atoms with Crippen molar-refractivity contribution in [2.45, 2.75) is 6.10 Å². The molecule has 0 fully saturated rings. The zero-order chi connectivity index (χ0) is 11.7. The number of fused-ring (bicyclic) bond motifs is 1. The SMILES string of the molecule is NC[C@@H](O)c1ccc(O)c2[nH]c(=O)ccc12. The molecule has 2 rings (SSSR count). The number of aromatic nitrogens is 1. The van der Waals surface area contributed by atoms with Crippen molar-refractivity contribution in [1.82, 2.24) is 4.98 Å². The third kappa shape index (κ3) is 1.66. The van der Waals surface area contributed by atoms with Crippen LogP contribution in [0.2, 0.25) is 0 Å². The van der Waals surface area contributed by atoms with Crippen LogP contribution >= 0.6 is 0 Å². The first-order valence-corrected chi connectivity index (χ1v) is 4.86. The fourth-order valence-corrected chi connectivity index (χ4v) is 1.68. The number of nitrogens with two attached hydrogens (primary N) is 1. The van der Waals surface area contributed by atoms with Gasteiger partial charge >= 0.3 is 0 Å². The van der Waals surface area contributed by atoms with Gasteiger partial charge in [-0.25, -0.2) is 0 Å². The van der Waals surface area contributed by atoms with E-state index in [2.05, 4.69) is 4.98 Å². The van der Waals surface area contributed by atoms with Crippen LogP contribution < -0.4 is 11.3 Å². The lowest BCUT2D eigenvalue weighted by atomic mass is 10.0. The second kappa shape index (κ2) is 3.96. The number of aliphatic hydroxyl groups excluding tert-OH is 1. The van der Waals surface area contributed by atoms with E-state index in [1.54, 1.807) is 12.1 Å². The standard InChI is InChI=1S/C11H12N2O3/c12-5-9(15)6-1-3-8(14)11-7(6)2-4-10(16)13-11/h1-4,9,14-15H,5,12H2,(H,13,16)/t9-/m1/s1. The van der Waals surface area contributed by atoms with Crippen LogP contribution in [0.3, 0.4) is 0 Å². The minimum absolute atomic E-state index is 0.0272. The zero-order valence-corrected chi connectivity index (χ0v) is 8.47. The van der Waals surface area contributed by atoms with Gasteiger partial charge in [-0.1, -0.05) is 6.07 Å². The van der Waals surface area contributed by atoms with Crippen LogP contribution in [0.1, 0.15) is 11.7 Å². The lowest BCUT2D eigenvalue weighted by Gasteiger charge is -2.12. The van der Waals surface area contributed by atoms with Crippen molar-refractivity contribution < 1.29 is 10.2 Å². The Morgan fingerprint density at radius 1 is 1.31 bits per heavy atom. The maximum Gasteiger partial charge on any atom is 0.248 e. The summed E-state index contributed by atoms with van der Waals surface area (Å²) in [7, 11) is 0. The Kier molecular flexibility index (Phi) is 2.64. The molecule has 1 atom stereocenters.